The molecule has 1 amide bonds. The van der Waals surface area contributed by atoms with Crippen molar-refractivity contribution in [2.45, 2.75) is 45.2 Å². The van der Waals surface area contributed by atoms with Crippen molar-refractivity contribution >= 4 is 22.5 Å². The van der Waals surface area contributed by atoms with Gasteiger partial charge in [0.05, 0.1) is 11.3 Å². The molecule has 0 radical (unpaired) electrons. The fraction of sp³-hybridized carbons (Fsp3) is 0.417. The number of benzene rings is 1. The molecule has 2 bridgehead atoms. The maximum absolute atomic E-state index is 13.3. The first-order valence-electron chi connectivity index (χ1n) is 11.1. The van der Waals surface area contributed by atoms with Crippen molar-refractivity contribution in [3.63, 3.8) is 0 Å². The second-order valence-corrected chi connectivity index (χ2v) is 9.26. The van der Waals surface area contributed by atoms with Crippen LogP contribution in [-0.2, 0) is 17.8 Å². The number of carbonyl (C=O) groups excluding carboxylic acids is 1. The normalized spacial score (nSPS) is 19.9. The van der Waals surface area contributed by atoms with Crippen molar-refractivity contribution in [2.24, 2.45) is 5.92 Å². The van der Waals surface area contributed by atoms with Crippen LogP contribution in [0.15, 0.2) is 47.4 Å². The monoisotopic (exact) mass is 434 g/mol. The first-order chi connectivity index (χ1) is 15.3. The van der Waals surface area contributed by atoms with E-state index in [9.17, 15) is 19.7 Å². The van der Waals surface area contributed by atoms with E-state index in [4.69, 9.17) is 0 Å². The van der Waals surface area contributed by atoms with E-state index < -0.39 is 10.5 Å². The lowest BCUT2D eigenvalue weighted by atomic mass is 9.83. The molecule has 3 aromatic rings. The lowest BCUT2D eigenvalue weighted by molar-refractivity contribution is -0.386. The maximum Gasteiger partial charge on any atom is 0.334 e. The number of para-hydroxylation sites is 1. The number of carbonyl (C=O) groups is 1. The largest absolute Gasteiger partial charge is 0.345 e. The van der Waals surface area contributed by atoms with Crippen LogP contribution < -0.4 is 5.56 Å². The third-order valence-electron chi connectivity index (χ3n) is 6.85. The number of piperidine rings is 1. The lowest BCUT2D eigenvalue weighted by Gasteiger charge is -2.42. The quantitative estimate of drug-likeness (QED) is 0.464. The smallest absolute Gasteiger partial charge is 0.334 e. The number of hydrogen-bond donors (Lipinski definition) is 0. The average molecular weight is 434 g/mol. The Hall–Kier alpha value is -3.42. The summed E-state index contributed by atoms with van der Waals surface area (Å²) >= 11 is 0. The van der Waals surface area contributed by atoms with Gasteiger partial charge in [-0.3, -0.25) is 19.7 Å². The lowest BCUT2D eigenvalue weighted by Crippen LogP contribution is -2.49. The van der Waals surface area contributed by atoms with Gasteiger partial charge in [-0.15, -0.1) is 0 Å². The summed E-state index contributed by atoms with van der Waals surface area (Å²) in [5.41, 5.74) is 2.04. The summed E-state index contributed by atoms with van der Waals surface area (Å²) < 4.78 is 3.76. The zero-order chi connectivity index (χ0) is 22.6. The number of pyridine rings is 1. The Morgan fingerprint density at radius 3 is 2.69 bits per heavy atom. The zero-order valence-electron chi connectivity index (χ0n) is 18.2. The topological polar surface area (TPSA) is 90.4 Å². The Bertz CT molecular complexity index is 1290. The summed E-state index contributed by atoms with van der Waals surface area (Å²) in [6.07, 6.45) is 3.33. The van der Waals surface area contributed by atoms with Crippen molar-refractivity contribution in [3.8, 4) is 0 Å². The van der Waals surface area contributed by atoms with Crippen molar-refractivity contribution < 1.29 is 9.72 Å². The summed E-state index contributed by atoms with van der Waals surface area (Å²) in [5.74, 6) is 0.239. The van der Waals surface area contributed by atoms with Crippen molar-refractivity contribution in [1.82, 2.24) is 14.0 Å². The molecule has 0 aliphatic carbocycles. The Morgan fingerprint density at radius 2 is 1.94 bits per heavy atom. The second kappa shape index (κ2) is 7.62. The van der Waals surface area contributed by atoms with Gasteiger partial charge in [-0.05, 0) is 43.9 Å². The molecule has 1 fully saturated rings. The molecule has 0 saturated carbocycles. The van der Waals surface area contributed by atoms with Crippen LogP contribution in [-0.4, -0.2) is 38.0 Å². The summed E-state index contributed by atoms with van der Waals surface area (Å²) in [6, 6.07) is 11.5. The van der Waals surface area contributed by atoms with Crippen LogP contribution in [0.1, 0.15) is 43.5 Å². The van der Waals surface area contributed by atoms with Crippen molar-refractivity contribution in [2.75, 3.05) is 13.1 Å². The van der Waals surface area contributed by atoms with E-state index >= 15 is 0 Å². The van der Waals surface area contributed by atoms with Crippen LogP contribution in [0, 0.1) is 16.0 Å². The Balaban J connectivity index is 1.40. The van der Waals surface area contributed by atoms with Crippen molar-refractivity contribution in [3.05, 3.63) is 74.3 Å². The highest BCUT2D eigenvalue weighted by molar-refractivity contribution is 5.89. The molecule has 32 heavy (non-hydrogen) atoms. The van der Waals surface area contributed by atoms with Gasteiger partial charge >= 0.3 is 11.2 Å². The van der Waals surface area contributed by atoms with Crippen LogP contribution in [0.3, 0.4) is 0 Å². The van der Waals surface area contributed by atoms with E-state index in [2.05, 4.69) is 36.7 Å². The van der Waals surface area contributed by atoms with Gasteiger partial charge in [0.15, 0.2) is 0 Å². The van der Waals surface area contributed by atoms with Crippen LogP contribution in [0.5, 0.6) is 0 Å². The molecule has 5 rings (SSSR count). The predicted molar refractivity (Wildman–Crippen MR) is 121 cm³/mol. The first kappa shape index (κ1) is 20.5. The fourth-order valence-corrected chi connectivity index (χ4v) is 5.40. The van der Waals surface area contributed by atoms with Gasteiger partial charge in [0.1, 0.15) is 0 Å². The maximum atomic E-state index is 13.3. The van der Waals surface area contributed by atoms with Gasteiger partial charge in [0, 0.05) is 60.5 Å². The minimum Gasteiger partial charge on any atom is -0.345 e. The molecule has 0 unspecified atom stereocenters. The number of nitrogens with zero attached hydrogens (tertiary/aromatic N) is 4. The highest BCUT2D eigenvalue weighted by Gasteiger charge is 2.37. The first-order valence-corrected chi connectivity index (χ1v) is 11.1. The molecule has 166 valence electrons. The van der Waals surface area contributed by atoms with E-state index in [1.807, 2.05) is 17.0 Å². The fourth-order valence-electron chi connectivity index (χ4n) is 5.40. The van der Waals surface area contributed by atoms with Gasteiger partial charge < -0.3 is 14.0 Å². The molecular formula is C24H26N4O4. The second-order valence-electron chi connectivity index (χ2n) is 9.26. The molecule has 2 aliphatic rings. The number of nitro groups is 1. The molecule has 2 aromatic heterocycles. The third kappa shape index (κ3) is 3.30. The SMILES string of the molecule is CC(C)n1cc(CC(=O)N2C[C@@H]3C[C@H](C2)c2ccc([N+](=O)[O-])c(=O)n2C3)c2ccccc21. The Kier molecular flexibility index (Phi) is 4.87. The Labute approximate surface area is 185 Å². The van der Waals surface area contributed by atoms with E-state index in [-0.39, 0.29) is 23.4 Å². The van der Waals surface area contributed by atoms with Gasteiger partial charge in [-0.1, -0.05) is 18.2 Å². The van der Waals surface area contributed by atoms with Crippen LogP contribution in [0.4, 0.5) is 5.69 Å². The minimum atomic E-state index is -0.622. The van der Waals surface area contributed by atoms with E-state index in [0.717, 1.165) is 28.6 Å². The predicted octanol–water partition coefficient (Wildman–Crippen LogP) is 3.48. The summed E-state index contributed by atoms with van der Waals surface area (Å²) in [7, 11) is 0. The molecular weight excluding hydrogens is 408 g/mol. The summed E-state index contributed by atoms with van der Waals surface area (Å²) in [4.78, 5) is 38.3. The zero-order valence-corrected chi connectivity index (χ0v) is 18.2. The third-order valence-corrected chi connectivity index (χ3v) is 6.85. The molecule has 1 aromatic carbocycles. The summed E-state index contributed by atoms with van der Waals surface area (Å²) in [6.45, 7) is 5.80. The van der Waals surface area contributed by atoms with Crippen LogP contribution in [0.2, 0.25) is 0 Å². The highest BCUT2D eigenvalue weighted by atomic mass is 16.6. The number of amides is 1. The van der Waals surface area contributed by atoms with E-state index in [1.54, 1.807) is 10.6 Å². The standard InChI is InChI=1S/C24H26N4O4/c1-15(2)26-14-17(19-5-3-4-6-21(19)26)10-23(29)25-11-16-9-18(13-25)20-7-8-22(28(31)32)24(30)27(20)12-16/h3-8,14-16,18H,9-13H2,1-2H3/t16-,18+/m0/s1. The molecule has 4 heterocycles. The van der Waals surface area contributed by atoms with Gasteiger partial charge in [-0.25, -0.2) is 0 Å². The highest BCUT2D eigenvalue weighted by Crippen LogP contribution is 2.36. The van der Waals surface area contributed by atoms with E-state index in [0.29, 0.717) is 32.1 Å². The van der Waals surface area contributed by atoms with Gasteiger partial charge in [0.2, 0.25) is 5.91 Å². The minimum absolute atomic E-state index is 0.0250. The van der Waals surface area contributed by atoms with Crippen LogP contribution >= 0.6 is 0 Å². The molecule has 8 nitrogen and oxygen atoms in total. The number of fused-ring (bicyclic) bond motifs is 5. The molecule has 0 spiro atoms. The number of aromatic nitrogens is 2. The van der Waals surface area contributed by atoms with Crippen molar-refractivity contribution in [1.29, 1.82) is 0 Å². The number of hydrogen-bond acceptors (Lipinski definition) is 4. The summed E-state index contributed by atoms with van der Waals surface area (Å²) in [5, 5.41) is 12.3. The van der Waals surface area contributed by atoms with E-state index in [1.165, 1.54) is 6.07 Å². The molecule has 2 atom stereocenters. The molecule has 0 N–H and O–H groups in total. The number of likely N-dealkylation sites (tertiary alicyclic amines) is 1. The molecule has 8 heteroatoms. The van der Waals surface area contributed by atoms with Crippen LogP contribution in [0.25, 0.3) is 10.9 Å². The molecule has 1 saturated heterocycles. The molecule has 2 aliphatic heterocycles. The van der Waals surface area contributed by atoms with Gasteiger partial charge in [0.25, 0.3) is 0 Å². The number of rotatable bonds is 4. The van der Waals surface area contributed by atoms with Gasteiger partial charge in [-0.2, -0.15) is 0 Å². The Morgan fingerprint density at radius 1 is 1.16 bits per heavy atom. The average Bonchev–Trinajstić information content (AvgIpc) is 3.13.